The van der Waals surface area contributed by atoms with Crippen molar-refractivity contribution in [1.29, 1.82) is 0 Å². The number of benzene rings is 3. The molecule has 0 atom stereocenters. The second-order valence-electron chi connectivity index (χ2n) is 5.08. The molecule has 102 valence electrons. The molecule has 0 aliphatic carbocycles. The van der Waals surface area contributed by atoms with Gasteiger partial charge < -0.3 is 15.2 Å². The number of nitrogens with one attached hydrogen (secondary N) is 1. The lowest BCUT2D eigenvalue weighted by Gasteiger charge is -2.12. The zero-order valence-electron chi connectivity index (χ0n) is 11.2. The lowest BCUT2D eigenvalue weighted by atomic mass is 9.94. The minimum absolute atomic E-state index is 0.161. The summed E-state index contributed by atoms with van der Waals surface area (Å²) >= 11 is 0. The number of phenolic OH excluding ortho intramolecular Hbond substituents is 2. The highest BCUT2D eigenvalue weighted by atomic mass is 16.3. The fourth-order valence-corrected chi connectivity index (χ4v) is 2.91. The molecule has 0 bridgehead atoms. The van der Waals surface area contributed by atoms with E-state index < -0.39 is 0 Å². The molecule has 4 aromatic rings. The van der Waals surface area contributed by atoms with Crippen LogP contribution in [0.5, 0.6) is 11.5 Å². The van der Waals surface area contributed by atoms with Crippen LogP contribution in [0.4, 0.5) is 0 Å². The number of hydrogen-bond acceptors (Lipinski definition) is 2. The fraction of sp³-hybridized carbons (Fsp3) is 0. The van der Waals surface area contributed by atoms with Crippen molar-refractivity contribution < 1.29 is 10.2 Å². The van der Waals surface area contributed by atoms with Gasteiger partial charge in [-0.15, -0.1) is 0 Å². The molecule has 0 amide bonds. The molecule has 1 aromatic heterocycles. The SMILES string of the molecule is Oc1ccc2ccccc2c1-c1c(O)ccc2[nH]ccc12. The molecule has 1 heterocycles. The average molecular weight is 275 g/mol. The van der Waals surface area contributed by atoms with E-state index >= 15 is 0 Å². The first-order chi connectivity index (χ1) is 10.3. The number of fused-ring (bicyclic) bond motifs is 2. The second kappa shape index (κ2) is 4.28. The van der Waals surface area contributed by atoms with Crippen molar-refractivity contribution in [2.45, 2.75) is 0 Å². The van der Waals surface area contributed by atoms with Crippen molar-refractivity contribution in [3.05, 3.63) is 60.8 Å². The minimum Gasteiger partial charge on any atom is -0.507 e. The van der Waals surface area contributed by atoms with Crippen LogP contribution in [0.2, 0.25) is 0 Å². The summed E-state index contributed by atoms with van der Waals surface area (Å²) < 4.78 is 0. The topological polar surface area (TPSA) is 56.2 Å². The lowest BCUT2D eigenvalue weighted by Crippen LogP contribution is -1.85. The van der Waals surface area contributed by atoms with Gasteiger partial charge in [-0.25, -0.2) is 0 Å². The van der Waals surface area contributed by atoms with E-state index in [1.54, 1.807) is 12.1 Å². The Morgan fingerprint density at radius 1 is 0.667 bits per heavy atom. The highest BCUT2D eigenvalue weighted by Gasteiger charge is 2.16. The molecule has 0 saturated carbocycles. The van der Waals surface area contributed by atoms with Crippen LogP contribution in [-0.2, 0) is 0 Å². The highest BCUT2D eigenvalue weighted by molar-refractivity contribution is 6.08. The van der Waals surface area contributed by atoms with Crippen LogP contribution in [0.15, 0.2) is 60.8 Å². The second-order valence-corrected chi connectivity index (χ2v) is 5.08. The normalized spacial score (nSPS) is 11.2. The molecule has 3 N–H and O–H groups in total. The Kier molecular flexibility index (Phi) is 2.42. The Balaban J connectivity index is 2.21. The maximum atomic E-state index is 10.4. The first kappa shape index (κ1) is 11.9. The molecule has 0 spiro atoms. The average Bonchev–Trinajstić information content (AvgIpc) is 2.97. The van der Waals surface area contributed by atoms with Crippen molar-refractivity contribution in [3.8, 4) is 22.6 Å². The Hall–Kier alpha value is -2.94. The van der Waals surface area contributed by atoms with Crippen LogP contribution in [0.1, 0.15) is 0 Å². The Morgan fingerprint density at radius 2 is 1.38 bits per heavy atom. The van der Waals surface area contributed by atoms with Crippen molar-refractivity contribution in [3.63, 3.8) is 0 Å². The minimum atomic E-state index is 0.161. The zero-order valence-corrected chi connectivity index (χ0v) is 11.2. The molecule has 0 saturated heterocycles. The summed E-state index contributed by atoms with van der Waals surface area (Å²) in [4.78, 5) is 3.13. The molecule has 3 nitrogen and oxygen atoms in total. The van der Waals surface area contributed by atoms with E-state index in [0.717, 1.165) is 21.7 Å². The third kappa shape index (κ3) is 1.68. The Labute approximate surface area is 121 Å². The maximum Gasteiger partial charge on any atom is 0.124 e. The van der Waals surface area contributed by atoms with Gasteiger partial charge in [0.05, 0.1) is 0 Å². The van der Waals surface area contributed by atoms with E-state index in [9.17, 15) is 10.2 Å². The summed E-state index contributed by atoms with van der Waals surface area (Å²) in [5.41, 5.74) is 2.24. The van der Waals surface area contributed by atoms with E-state index in [2.05, 4.69) is 4.98 Å². The Morgan fingerprint density at radius 3 is 2.24 bits per heavy atom. The molecule has 0 unspecified atom stereocenters. The van der Waals surface area contributed by atoms with Gasteiger partial charge in [0, 0.05) is 28.2 Å². The third-order valence-electron chi connectivity index (χ3n) is 3.87. The van der Waals surface area contributed by atoms with Crippen LogP contribution in [-0.4, -0.2) is 15.2 Å². The standard InChI is InChI=1S/C18H13NO2/c20-15-7-5-11-3-1-2-4-12(11)17(15)18-13-9-10-19-14(13)6-8-16(18)21/h1-10,19-21H. The summed E-state index contributed by atoms with van der Waals surface area (Å²) in [6.45, 7) is 0. The van der Waals surface area contributed by atoms with Gasteiger partial charge in [-0.2, -0.15) is 0 Å². The monoisotopic (exact) mass is 275 g/mol. The molecule has 21 heavy (non-hydrogen) atoms. The molecular formula is C18H13NO2. The quantitative estimate of drug-likeness (QED) is 0.482. The molecule has 3 aromatic carbocycles. The summed E-state index contributed by atoms with van der Waals surface area (Å²) in [7, 11) is 0. The third-order valence-corrected chi connectivity index (χ3v) is 3.87. The van der Waals surface area contributed by atoms with Gasteiger partial charge >= 0.3 is 0 Å². The summed E-state index contributed by atoms with van der Waals surface area (Å²) in [5, 5.41) is 23.5. The fourth-order valence-electron chi connectivity index (χ4n) is 2.91. The lowest BCUT2D eigenvalue weighted by molar-refractivity contribution is 0.470. The van der Waals surface area contributed by atoms with Crippen molar-refractivity contribution in [2.24, 2.45) is 0 Å². The van der Waals surface area contributed by atoms with E-state index in [0.29, 0.717) is 11.1 Å². The van der Waals surface area contributed by atoms with Gasteiger partial charge in [0.2, 0.25) is 0 Å². The van der Waals surface area contributed by atoms with E-state index in [1.807, 2.05) is 48.7 Å². The molecule has 0 fully saturated rings. The van der Waals surface area contributed by atoms with Gasteiger partial charge in [0.25, 0.3) is 0 Å². The van der Waals surface area contributed by atoms with Gasteiger partial charge in [0.1, 0.15) is 11.5 Å². The smallest absolute Gasteiger partial charge is 0.124 e. The van der Waals surface area contributed by atoms with Crippen molar-refractivity contribution in [2.75, 3.05) is 0 Å². The summed E-state index contributed by atoms with van der Waals surface area (Å²) in [5.74, 6) is 0.325. The first-order valence-corrected chi connectivity index (χ1v) is 6.76. The van der Waals surface area contributed by atoms with Gasteiger partial charge in [-0.3, -0.25) is 0 Å². The molecule has 0 aliphatic heterocycles. The van der Waals surface area contributed by atoms with Crippen LogP contribution in [0, 0.1) is 0 Å². The Bertz CT molecular complexity index is 969. The molecule has 3 heteroatoms. The predicted octanol–water partition coefficient (Wildman–Crippen LogP) is 4.40. The number of H-pyrrole nitrogens is 1. The van der Waals surface area contributed by atoms with Crippen molar-refractivity contribution in [1.82, 2.24) is 4.98 Å². The van der Waals surface area contributed by atoms with Gasteiger partial charge in [-0.1, -0.05) is 30.3 Å². The largest absolute Gasteiger partial charge is 0.507 e. The van der Waals surface area contributed by atoms with Crippen LogP contribution in [0.3, 0.4) is 0 Å². The van der Waals surface area contributed by atoms with Crippen LogP contribution < -0.4 is 0 Å². The number of aromatic nitrogens is 1. The number of hydrogen-bond donors (Lipinski definition) is 3. The van der Waals surface area contributed by atoms with Crippen LogP contribution >= 0.6 is 0 Å². The predicted molar refractivity (Wildman–Crippen MR) is 84.6 cm³/mol. The van der Waals surface area contributed by atoms with Gasteiger partial charge in [-0.05, 0) is 35.0 Å². The van der Waals surface area contributed by atoms with Crippen molar-refractivity contribution >= 4 is 21.7 Å². The first-order valence-electron chi connectivity index (χ1n) is 6.76. The summed E-state index contributed by atoms with van der Waals surface area (Å²) in [6, 6.07) is 16.8. The maximum absolute atomic E-state index is 10.4. The number of phenols is 2. The number of rotatable bonds is 1. The highest BCUT2D eigenvalue weighted by Crippen LogP contribution is 2.44. The number of aromatic hydroxyl groups is 2. The van der Waals surface area contributed by atoms with E-state index in [4.69, 9.17) is 0 Å². The summed E-state index contributed by atoms with van der Waals surface area (Å²) in [6.07, 6.45) is 1.83. The number of aromatic amines is 1. The van der Waals surface area contributed by atoms with E-state index in [1.165, 1.54) is 0 Å². The molecule has 0 radical (unpaired) electrons. The van der Waals surface area contributed by atoms with Crippen LogP contribution in [0.25, 0.3) is 32.8 Å². The molecular weight excluding hydrogens is 262 g/mol. The molecule has 4 rings (SSSR count). The zero-order chi connectivity index (χ0) is 14.4. The van der Waals surface area contributed by atoms with E-state index in [-0.39, 0.29) is 11.5 Å². The molecule has 0 aliphatic rings. The van der Waals surface area contributed by atoms with Gasteiger partial charge in [0.15, 0.2) is 0 Å².